The molecule has 0 spiro atoms. The molecule has 0 saturated carbocycles. The molecule has 13 heavy (non-hydrogen) atoms. The lowest BCUT2D eigenvalue weighted by Crippen LogP contribution is -2.22. The van der Waals surface area contributed by atoms with Gasteiger partial charge in [-0.05, 0) is 12.1 Å². The molecule has 0 aliphatic rings. The first-order valence-corrected chi connectivity index (χ1v) is 4.41. The minimum absolute atomic E-state index is 0.147. The number of nitrogens with one attached hydrogen (secondary N) is 1. The summed E-state index contributed by atoms with van der Waals surface area (Å²) in [5.74, 6) is 0.160. The Bertz CT molecular complexity index is 269. The topological polar surface area (TPSA) is 32.3 Å². The van der Waals surface area contributed by atoms with Crippen LogP contribution in [0.5, 0.6) is 0 Å². The molecule has 0 saturated heterocycles. The second kappa shape index (κ2) is 4.67. The van der Waals surface area contributed by atoms with Crippen molar-refractivity contribution >= 4 is 0 Å². The standard InChI is InChI=1S/C11H15NO/c1-3-12-11(9(2)13)10-7-5-4-6-8-10/h4-8,11-13H,2-3H2,1H3. The first-order valence-electron chi connectivity index (χ1n) is 4.41. The van der Waals surface area contributed by atoms with E-state index in [0.29, 0.717) is 0 Å². The average molecular weight is 177 g/mol. The summed E-state index contributed by atoms with van der Waals surface area (Å²) < 4.78 is 0. The summed E-state index contributed by atoms with van der Waals surface area (Å²) >= 11 is 0. The number of hydrogen-bond donors (Lipinski definition) is 2. The van der Waals surface area contributed by atoms with Crippen molar-refractivity contribution in [1.29, 1.82) is 0 Å². The summed E-state index contributed by atoms with van der Waals surface area (Å²) in [5.41, 5.74) is 1.04. The summed E-state index contributed by atoms with van der Waals surface area (Å²) in [4.78, 5) is 0. The first-order chi connectivity index (χ1) is 6.25. The highest BCUT2D eigenvalue weighted by Crippen LogP contribution is 2.17. The second-order valence-corrected chi connectivity index (χ2v) is 2.89. The Morgan fingerprint density at radius 2 is 2.08 bits per heavy atom. The molecular weight excluding hydrogens is 162 g/mol. The minimum Gasteiger partial charge on any atom is -0.511 e. The molecule has 0 radical (unpaired) electrons. The molecule has 0 fully saturated rings. The van der Waals surface area contributed by atoms with Gasteiger partial charge in [-0.25, -0.2) is 0 Å². The monoisotopic (exact) mass is 177 g/mol. The van der Waals surface area contributed by atoms with Crippen LogP contribution in [0.4, 0.5) is 0 Å². The fourth-order valence-corrected chi connectivity index (χ4v) is 1.28. The molecule has 70 valence electrons. The van der Waals surface area contributed by atoms with Gasteiger partial charge in [-0.15, -0.1) is 0 Å². The van der Waals surface area contributed by atoms with E-state index in [2.05, 4.69) is 11.9 Å². The van der Waals surface area contributed by atoms with E-state index in [1.165, 1.54) is 0 Å². The highest BCUT2D eigenvalue weighted by atomic mass is 16.3. The van der Waals surface area contributed by atoms with Crippen LogP contribution in [0.25, 0.3) is 0 Å². The first kappa shape index (κ1) is 9.81. The van der Waals surface area contributed by atoms with Crippen molar-refractivity contribution in [3.8, 4) is 0 Å². The molecule has 2 heteroatoms. The Kier molecular flexibility index (Phi) is 3.53. The summed E-state index contributed by atoms with van der Waals surface area (Å²) in [7, 11) is 0. The molecule has 1 rings (SSSR count). The van der Waals surface area contributed by atoms with Crippen LogP contribution in [0.2, 0.25) is 0 Å². The van der Waals surface area contributed by atoms with Crippen molar-refractivity contribution in [3.63, 3.8) is 0 Å². The van der Waals surface area contributed by atoms with E-state index in [1.54, 1.807) is 0 Å². The van der Waals surface area contributed by atoms with Crippen molar-refractivity contribution in [2.75, 3.05) is 6.54 Å². The van der Waals surface area contributed by atoms with Crippen LogP contribution in [0.3, 0.4) is 0 Å². The second-order valence-electron chi connectivity index (χ2n) is 2.89. The van der Waals surface area contributed by atoms with Crippen LogP contribution >= 0.6 is 0 Å². The molecule has 1 aromatic rings. The van der Waals surface area contributed by atoms with E-state index in [-0.39, 0.29) is 11.8 Å². The van der Waals surface area contributed by atoms with Gasteiger partial charge in [-0.2, -0.15) is 0 Å². The maximum atomic E-state index is 9.34. The van der Waals surface area contributed by atoms with Crippen LogP contribution < -0.4 is 5.32 Å². The van der Waals surface area contributed by atoms with E-state index in [9.17, 15) is 5.11 Å². The van der Waals surface area contributed by atoms with Crippen LogP contribution in [-0.4, -0.2) is 11.7 Å². The van der Waals surface area contributed by atoms with E-state index < -0.39 is 0 Å². The molecule has 0 aliphatic carbocycles. The summed E-state index contributed by atoms with van der Waals surface area (Å²) in [5, 5.41) is 12.5. The van der Waals surface area contributed by atoms with Crippen LogP contribution in [-0.2, 0) is 0 Å². The van der Waals surface area contributed by atoms with Gasteiger partial charge in [-0.3, -0.25) is 0 Å². The Hall–Kier alpha value is -1.28. The van der Waals surface area contributed by atoms with Gasteiger partial charge in [0.2, 0.25) is 0 Å². The van der Waals surface area contributed by atoms with E-state index in [0.717, 1.165) is 12.1 Å². The quantitative estimate of drug-likeness (QED) is 0.692. The molecule has 2 nitrogen and oxygen atoms in total. The van der Waals surface area contributed by atoms with Crippen molar-refractivity contribution in [1.82, 2.24) is 5.32 Å². The zero-order valence-corrected chi connectivity index (χ0v) is 7.83. The number of rotatable bonds is 4. The van der Waals surface area contributed by atoms with Gasteiger partial charge in [-0.1, -0.05) is 43.8 Å². The minimum atomic E-state index is -0.147. The molecule has 1 aromatic carbocycles. The third-order valence-electron chi connectivity index (χ3n) is 1.87. The molecule has 2 N–H and O–H groups in total. The van der Waals surface area contributed by atoms with Crippen molar-refractivity contribution in [3.05, 3.63) is 48.2 Å². The number of benzene rings is 1. The molecule has 0 aliphatic heterocycles. The third kappa shape index (κ3) is 2.60. The lowest BCUT2D eigenvalue weighted by atomic mass is 10.1. The zero-order chi connectivity index (χ0) is 9.68. The summed E-state index contributed by atoms with van der Waals surface area (Å²) in [6, 6.07) is 9.63. The molecule has 1 unspecified atom stereocenters. The Labute approximate surface area is 78.9 Å². The number of likely N-dealkylation sites (N-methyl/N-ethyl adjacent to an activating group) is 1. The van der Waals surface area contributed by atoms with Crippen molar-refractivity contribution in [2.45, 2.75) is 13.0 Å². The highest BCUT2D eigenvalue weighted by Gasteiger charge is 2.11. The van der Waals surface area contributed by atoms with E-state index in [4.69, 9.17) is 0 Å². The van der Waals surface area contributed by atoms with Crippen molar-refractivity contribution in [2.24, 2.45) is 0 Å². The smallest absolute Gasteiger partial charge is 0.107 e. The van der Waals surface area contributed by atoms with Crippen molar-refractivity contribution < 1.29 is 5.11 Å². The van der Waals surface area contributed by atoms with Gasteiger partial charge in [0.1, 0.15) is 5.76 Å². The third-order valence-corrected chi connectivity index (χ3v) is 1.87. The maximum absolute atomic E-state index is 9.34. The zero-order valence-electron chi connectivity index (χ0n) is 7.83. The van der Waals surface area contributed by atoms with Gasteiger partial charge in [0.05, 0.1) is 6.04 Å². The lowest BCUT2D eigenvalue weighted by molar-refractivity contribution is 0.348. The van der Waals surface area contributed by atoms with Gasteiger partial charge in [0.25, 0.3) is 0 Å². The highest BCUT2D eigenvalue weighted by molar-refractivity contribution is 5.24. The SMILES string of the molecule is C=C(O)C(NCC)c1ccccc1. The van der Waals surface area contributed by atoms with E-state index >= 15 is 0 Å². The van der Waals surface area contributed by atoms with Gasteiger partial charge in [0.15, 0.2) is 0 Å². The predicted octanol–water partition coefficient (Wildman–Crippen LogP) is 2.41. The average Bonchev–Trinajstić information content (AvgIpc) is 2.15. The predicted molar refractivity (Wildman–Crippen MR) is 54.6 cm³/mol. The number of hydrogen-bond acceptors (Lipinski definition) is 2. The van der Waals surface area contributed by atoms with Gasteiger partial charge in [0, 0.05) is 0 Å². The Morgan fingerprint density at radius 3 is 2.54 bits per heavy atom. The largest absolute Gasteiger partial charge is 0.511 e. The summed E-state index contributed by atoms with van der Waals surface area (Å²) in [6.07, 6.45) is 0. The summed E-state index contributed by atoms with van der Waals surface area (Å²) in [6.45, 7) is 6.35. The van der Waals surface area contributed by atoms with Gasteiger partial charge >= 0.3 is 0 Å². The fourth-order valence-electron chi connectivity index (χ4n) is 1.28. The fraction of sp³-hybridized carbons (Fsp3) is 0.273. The number of aliphatic hydroxyl groups excluding tert-OH is 1. The Morgan fingerprint density at radius 1 is 1.46 bits per heavy atom. The maximum Gasteiger partial charge on any atom is 0.107 e. The van der Waals surface area contributed by atoms with Gasteiger partial charge < -0.3 is 10.4 Å². The molecule has 0 heterocycles. The number of aliphatic hydroxyl groups is 1. The van der Waals surface area contributed by atoms with E-state index in [1.807, 2.05) is 37.3 Å². The van der Waals surface area contributed by atoms with Crippen LogP contribution in [0.1, 0.15) is 18.5 Å². The lowest BCUT2D eigenvalue weighted by Gasteiger charge is -2.16. The molecule has 0 bridgehead atoms. The van der Waals surface area contributed by atoms with Crippen LogP contribution in [0, 0.1) is 0 Å². The molecular formula is C11H15NO. The van der Waals surface area contributed by atoms with Crippen LogP contribution in [0.15, 0.2) is 42.7 Å². The Balaban J connectivity index is 2.82. The molecule has 1 atom stereocenters. The normalized spacial score (nSPS) is 12.4. The molecule has 0 amide bonds. The molecule has 0 aromatic heterocycles.